The van der Waals surface area contributed by atoms with Gasteiger partial charge in [0.1, 0.15) is 17.6 Å². The lowest BCUT2D eigenvalue weighted by Crippen LogP contribution is -2.41. The van der Waals surface area contributed by atoms with Gasteiger partial charge in [0.15, 0.2) is 5.96 Å². The summed E-state index contributed by atoms with van der Waals surface area (Å²) in [6, 6.07) is 16.3. The van der Waals surface area contributed by atoms with E-state index in [0.29, 0.717) is 19.7 Å². The summed E-state index contributed by atoms with van der Waals surface area (Å²) in [7, 11) is 1.77. The van der Waals surface area contributed by atoms with Gasteiger partial charge < -0.3 is 20.1 Å². The zero-order valence-corrected chi connectivity index (χ0v) is 14.8. The number of nitrogens with zero attached hydrogens (tertiary/aromatic N) is 1. The van der Waals surface area contributed by atoms with Gasteiger partial charge in [-0.3, -0.25) is 4.99 Å². The van der Waals surface area contributed by atoms with Gasteiger partial charge in [0.05, 0.1) is 13.2 Å². The minimum absolute atomic E-state index is 0.136. The average molecular weight is 339 g/mol. The van der Waals surface area contributed by atoms with Crippen LogP contribution in [0.1, 0.15) is 18.1 Å². The zero-order valence-electron chi connectivity index (χ0n) is 14.8. The third-order valence-corrected chi connectivity index (χ3v) is 4.10. The minimum Gasteiger partial charge on any atom is -0.494 e. The number of benzene rings is 2. The molecule has 1 aliphatic rings. The molecule has 0 aromatic heterocycles. The van der Waals surface area contributed by atoms with Gasteiger partial charge in [-0.15, -0.1) is 0 Å². The lowest BCUT2D eigenvalue weighted by molar-refractivity contribution is 0.235. The molecule has 0 aliphatic carbocycles. The monoisotopic (exact) mass is 339 g/mol. The Morgan fingerprint density at radius 3 is 2.88 bits per heavy atom. The standard InChI is InChI=1S/C20H25N3O2/c1-3-24-17-9-6-7-15(11-17)13-22-20(21-2)23-14-18-12-16-8-4-5-10-19(16)25-18/h4-11,18H,3,12-14H2,1-2H3,(H2,21,22,23). The average Bonchev–Trinajstić information content (AvgIpc) is 3.05. The summed E-state index contributed by atoms with van der Waals surface area (Å²) in [6.07, 6.45) is 1.06. The number of nitrogens with one attached hydrogen (secondary N) is 2. The van der Waals surface area contributed by atoms with Crippen LogP contribution in [0.2, 0.25) is 0 Å². The molecule has 25 heavy (non-hydrogen) atoms. The number of rotatable bonds is 6. The van der Waals surface area contributed by atoms with E-state index in [4.69, 9.17) is 9.47 Å². The molecular formula is C20H25N3O2. The molecule has 1 unspecified atom stereocenters. The Morgan fingerprint density at radius 2 is 2.08 bits per heavy atom. The summed E-state index contributed by atoms with van der Waals surface area (Å²) in [5, 5.41) is 6.67. The van der Waals surface area contributed by atoms with Crippen LogP contribution >= 0.6 is 0 Å². The number of fused-ring (bicyclic) bond motifs is 1. The maximum atomic E-state index is 5.95. The first kappa shape index (κ1) is 17.1. The van der Waals surface area contributed by atoms with Crippen molar-refractivity contribution in [2.45, 2.75) is 26.0 Å². The van der Waals surface area contributed by atoms with E-state index < -0.39 is 0 Å². The Balaban J connectivity index is 1.47. The molecule has 1 aliphatic heterocycles. The van der Waals surface area contributed by atoms with Crippen LogP contribution in [0.25, 0.3) is 0 Å². The summed E-state index contributed by atoms with van der Waals surface area (Å²) >= 11 is 0. The molecule has 0 saturated carbocycles. The summed E-state index contributed by atoms with van der Waals surface area (Å²) in [5.74, 6) is 2.65. The molecule has 0 bridgehead atoms. The predicted octanol–water partition coefficient (Wildman–Crippen LogP) is 2.75. The second kappa shape index (κ2) is 8.42. The fourth-order valence-corrected chi connectivity index (χ4v) is 2.90. The molecule has 0 radical (unpaired) electrons. The van der Waals surface area contributed by atoms with Crippen LogP contribution in [-0.2, 0) is 13.0 Å². The van der Waals surface area contributed by atoms with Crippen LogP contribution in [0.3, 0.4) is 0 Å². The van der Waals surface area contributed by atoms with Crippen LogP contribution in [0, 0.1) is 0 Å². The molecule has 0 saturated heterocycles. The van der Waals surface area contributed by atoms with Crippen LogP contribution in [0.5, 0.6) is 11.5 Å². The fourth-order valence-electron chi connectivity index (χ4n) is 2.90. The largest absolute Gasteiger partial charge is 0.494 e. The first-order valence-corrected chi connectivity index (χ1v) is 8.69. The highest BCUT2D eigenvalue weighted by atomic mass is 16.5. The molecule has 132 valence electrons. The summed E-state index contributed by atoms with van der Waals surface area (Å²) < 4.78 is 11.5. The van der Waals surface area contributed by atoms with Crippen LogP contribution in [0.4, 0.5) is 0 Å². The van der Waals surface area contributed by atoms with Crippen LogP contribution < -0.4 is 20.1 Å². The molecule has 2 N–H and O–H groups in total. The molecular weight excluding hydrogens is 314 g/mol. The van der Waals surface area contributed by atoms with Crippen molar-refractivity contribution in [3.05, 3.63) is 59.7 Å². The van der Waals surface area contributed by atoms with Gasteiger partial charge in [0.25, 0.3) is 0 Å². The predicted molar refractivity (Wildman–Crippen MR) is 100 cm³/mol. The number of ether oxygens (including phenoxy) is 2. The van der Waals surface area contributed by atoms with Crippen molar-refractivity contribution < 1.29 is 9.47 Å². The lowest BCUT2D eigenvalue weighted by Gasteiger charge is -2.16. The van der Waals surface area contributed by atoms with Crippen molar-refractivity contribution in [3.8, 4) is 11.5 Å². The molecule has 3 rings (SSSR count). The Labute approximate surface area is 149 Å². The van der Waals surface area contributed by atoms with Gasteiger partial charge in [-0.05, 0) is 36.2 Å². The molecule has 0 fully saturated rings. The van der Waals surface area contributed by atoms with Gasteiger partial charge in [-0.1, -0.05) is 30.3 Å². The van der Waals surface area contributed by atoms with E-state index in [1.165, 1.54) is 5.56 Å². The Bertz CT molecular complexity index is 705. The third-order valence-electron chi connectivity index (χ3n) is 4.10. The van der Waals surface area contributed by atoms with Crippen molar-refractivity contribution in [2.24, 2.45) is 4.99 Å². The van der Waals surface area contributed by atoms with Crippen molar-refractivity contribution in [3.63, 3.8) is 0 Å². The van der Waals surface area contributed by atoms with E-state index in [0.717, 1.165) is 29.4 Å². The highest BCUT2D eigenvalue weighted by Crippen LogP contribution is 2.27. The minimum atomic E-state index is 0.136. The quantitative estimate of drug-likeness (QED) is 0.628. The van der Waals surface area contributed by atoms with Crippen molar-refractivity contribution in [1.29, 1.82) is 0 Å². The summed E-state index contributed by atoms with van der Waals surface area (Å²) in [4.78, 5) is 4.28. The molecule has 2 aromatic rings. The number of aliphatic imine (C=N–C) groups is 1. The van der Waals surface area contributed by atoms with E-state index in [1.54, 1.807) is 7.05 Å². The molecule has 5 nitrogen and oxygen atoms in total. The number of para-hydroxylation sites is 1. The number of hydrogen-bond acceptors (Lipinski definition) is 3. The van der Waals surface area contributed by atoms with Crippen molar-refractivity contribution in [2.75, 3.05) is 20.2 Å². The number of hydrogen-bond donors (Lipinski definition) is 2. The second-order valence-corrected chi connectivity index (χ2v) is 5.94. The zero-order chi connectivity index (χ0) is 17.5. The topological polar surface area (TPSA) is 54.9 Å². The first-order valence-electron chi connectivity index (χ1n) is 8.69. The smallest absolute Gasteiger partial charge is 0.191 e. The molecule has 1 heterocycles. The van der Waals surface area contributed by atoms with Crippen LogP contribution in [-0.4, -0.2) is 32.3 Å². The summed E-state index contributed by atoms with van der Waals surface area (Å²) in [5.41, 5.74) is 2.42. The van der Waals surface area contributed by atoms with E-state index in [9.17, 15) is 0 Å². The Kier molecular flexibility index (Phi) is 5.77. The van der Waals surface area contributed by atoms with Crippen molar-refractivity contribution in [1.82, 2.24) is 10.6 Å². The van der Waals surface area contributed by atoms with E-state index in [1.807, 2.05) is 37.3 Å². The lowest BCUT2D eigenvalue weighted by atomic mass is 10.1. The van der Waals surface area contributed by atoms with Gasteiger partial charge in [-0.2, -0.15) is 0 Å². The highest BCUT2D eigenvalue weighted by Gasteiger charge is 2.22. The number of guanidine groups is 1. The molecule has 2 aromatic carbocycles. The Hall–Kier alpha value is -2.69. The van der Waals surface area contributed by atoms with E-state index in [-0.39, 0.29) is 6.10 Å². The molecule has 5 heteroatoms. The molecule has 0 spiro atoms. The van der Waals surface area contributed by atoms with Gasteiger partial charge in [0.2, 0.25) is 0 Å². The van der Waals surface area contributed by atoms with Crippen LogP contribution in [0.15, 0.2) is 53.5 Å². The van der Waals surface area contributed by atoms with E-state index in [2.05, 4.69) is 33.8 Å². The maximum Gasteiger partial charge on any atom is 0.191 e. The fraction of sp³-hybridized carbons (Fsp3) is 0.350. The summed E-state index contributed by atoms with van der Waals surface area (Å²) in [6.45, 7) is 4.06. The molecule has 0 amide bonds. The van der Waals surface area contributed by atoms with Gasteiger partial charge >= 0.3 is 0 Å². The third kappa shape index (κ3) is 4.66. The highest BCUT2D eigenvalue weighted by molar-refractivity contribution is 5.79. The second-order valence-electron chi connectivity index (χ2n) is 5.94. The normalized spacial score (nSPS) is 16.1. The maximum absolute atomic E-state index is 5.95. The van der Waals surface area contributed by atoms with E-state index >= 15 is 0 Å². The Morgan fingerprint density at radius 1 is 1.20 bits per heavy atom. The van der Waals surface area contributed by atoms with Gasteiger partial charge in [0, 0.05) is 20.0 Å². The van der Waals surface area contributed by atoms with Crippen molar-refractivity contribution >= 4 is 5.96 Å². The van der Waals surface area contributed by atoms with Gasteiger partial charge in [-0.25, -0.2) is 0 Å². The molecule has 1 atom stereocenters. The SMILES string of the molecule is CCOc1cccc(CNC(=NC)NCC2Cc3ccccc3O2)c1. The first-order chi connectivity index (χ1) is 12.3.